The van der Waals surface area contributed by atoms with Crippen molar-refractivity contribution in [3.63, 3.8) is 0 Å². The van der Waals surface area contributed by atoms with E-state index >= 15 is 0 Å². The number of imidazole rings is 1. The van der Waals surface area contributed by atoms with Crippen molar-refractivity contribution in [1.29, 1.82) is 0 Å². The lowest BCUT2D eigenvalue weighted by atomic mass is 10.3. The van der Waals surface area contributed by atoms with Crippen LogP contribution < -0.4 is 4.57 Å². The molecule has 2 nitrogen and oxygen atoms in total. The first-order valence-electron chi connectivity index (χ1n) is 6.08. The third-order valence-corrected chi connectivity index (χ3v) is 4.26. The normalized spacial score (nSPS) is 11.7. The van der Waals surface area contributed by atoms with Gasteiger partial charge in [-0.1, -0.05) is 30.3 Å². The van der Waals surface area contributed by atoms with Gasteiger partial charge in [-0.05, 0) is 30.9 Å². The van der Waals surface area contributed by atoms with E-state index in [4.69, 9.17) is 0 Å². The van der Waals surface area contributed by atoms with Crippen LogP contribution in [-0.4, -0.2) is 11.0 Å². The molecule has 0 aliphatic heterocycles. The number of rotatable bonds is 2. The van der Waals surface area contributed by atoms with Gasteiger partial charge in [-0.25, -0.2) is 4.34 Å². The Morgan fingerprint density at radius 1 is 0.944 bits per heavy atom. The molecule has 2 aromatic carbocycles. The van der Waals surface area contributed by atoms with Gasteiger partial charge in [-0.2, -0.15) is 4.57 Å². The van der Waals surface area contributed by atoms with Crippen LogP contribution in [0.15, 0.2) is 54.6 Å². The van der Waals surface area contributed by atoms with E-state index < -0.39 is 0 Å². The van der Waals surface area contributed by atoms with Gasteiger partial charge < -0.3 is 0 Å². The van der Waals surface area contributed by atoms with Crippen LogP contribution in [-0.2, 0) is 0 Å². The van der Waals surface area contributed by atoms with E-state index in [0.29, 0.717) is 0 Å². The van der Waals surface area contributed by atoms with Gasteiger partial charge in [0.15, 0.2) is 11.0 Å². The molecule has 1 atom stereocenters. The highest BCUT2D eigenvalue weighted by atomic mass is 31.1. The van der Waals surface area contributed by atoms with E-state index in [9.17, 15) is 0 Å². The molecule has 0 amide bonds. The molecule has 3 aromatic rings. The molecule has 0 spiro atoms. The van der Waals surface area contributed by atoms with E-state index in [2.05, 4.69) is 77.1 Å². The number of benzene rings is 2. The van der Waals surface area contributed by atoms with E-state index in [1.54, 1.807) is 0 Å². The van der Waals surface area contributed by atoms with Gasteiger partial charge in [-0.15, -0.1) is 0 Å². The predicted molar refractivity (Wildman–Crippen MR) is 77.8 cm³/mol. The van der Waals surface area contributed by atoms with Crippen LogP contribution in [0.4, 0.5) is 0 Å². The van der Waals surface area contributed by atoms with Crippen LogP contribution in [0, 0.1) is 6.92 Å². The third kappa shape index (κ3) is 1.65. The van der Waals surface area contributed by atoms with Gasteiger partial charge in [0.25, 0.3) is 5.82 Å². The van der Waals surface area contributed by atoms with Crippen LogP contribution >= 0.6 is 8.73 Å². The molecule has 0 saturated heterocycles. The average molecular weight is 255 g/mol. The first kappa shape index (κ1) is 11.4. The summed E-state index contributed by atoms with van der Waals surface area (Å²) in [6, 6.07) is 19.1. The molecule has 0 N–H and O–H groups in total. The topological polar surface area (TPSA) is 8.81 Å². The highest BCUT2D eigenvalue weighted by Crippen LogP contribution is 2.23. The number of nitrogens with zero attached hydrogens (tertiary/aromatic N) is 2. The fraction of sp³-hybridized carbons (Fsp3) is 0.133. The smallest absolute Gasteiger partial charge is 0.212 e. The Morgan fingerprint density at radius 2 is 1.61 bits per heavy atom. The van der Waals surface area contributed by atoms with E-state index in [1.165, 1.54) is 22.5 Å². The first-order valence-corrected chi connectivity index (χ1v) is 7.53. The molecule has 1 unspecified atom stereocenters. The molecular weight excluding hydrogens is 239 g/mol. The molecule has 0 aliphatic rings. The summed E-state index contributed by atoms with van der Waals surface area (Å²) in [6.07, 6.45) is 0. The minimum absolute atomic E-state index is 0.744. The standard InChI is InChI=1S/C15H16N2P/c1-12-16(13-8-4-3-5-9-13)14-10-6-7-11-15(14)17(12)18-2/h3-11,18H,1-2H3/q+1. The highest BCUT2D eigenvalue weighted by molar-refractivity contribution is 7.35. The summed E-state index contributed by atoms with van der Waals surface area (Å²) in [6.45, 7) is 4.40. The Labute approximate surface area is 109 Å². The summed E-state index contributed by atoms with van der Waals surface area (Å²) < 4.78 is 4.70. The summed E-state index contributed by atoms with van der Waals surface area (Å²) in [5, 5.41) is 0. The van der Waals surface area contributed by atoms with E-state index in [1.807, 2.05) is 0 Å². The van der Waals surface area contributed by atoms with Gasteiger partial charge in [-0.3, -0.25) is 0 Å². The largest absolute Gasteiger partial charge is 0.261 e. The van der Waals surface area contributed by atoms with Gasteiger partial charge in [0.05, 0.1) is 8.73 Å². The Hall–Kier alpha value is -1.66. The molecule has 3 heteroatoms. The quantitative estimate of drug-likeness (QED) is 0.491. The van der Waals surface area contributed by atoms with Gasteiger partial charge in [0.2, 0.25) is 0 Å². The van der Waals surface area contributed by atoms with Crippen molar-refractivity contribution in [3.05, 3.63) is 60.4 Å². The Balaban J connectivity index is 2.39. The summed E-state index contributed by atoms with van der Waals surface area (Å²) in [4.78, 5) is 0. The zero-order chi connectivity index (χ0) is 12.5. The fourth-order valence-corrected chi connectivity index (χ4v) is 3.33. The second-order valence-corrected chi connectivity index (χ2v) is 5.16. The monoisotopic (exact) mass is 255 g/mol. The van der Waals surface area contributed by atoms with Crippen LogP contribution in [0.3, 0.4) is 0 Å². The van der Waals surface area contributed by atoms with Crippen LogP contribution in [0.25, 0.3) is 16.7 Å². The van der Waals surface area contributed by atoms with Crippen molar-refractivity contribution in [3.8, 4) is 5.69 Å². The number of hydrogen-bond donors (Lipinski definition) is 0. The summed E-state index contributed by atoms with van der Waals surface area (Å²) in [5.74, 6) is 1.28. The lowest BCUT2D eigenvalue weighted by molar-refractivity contribution is -0.574. The molecule has 1 heterocycles. The van der Waals surface area contributed by atoms with Crippen molar-refractivity contribution in [2.75, 3.05) is 6.66 Å². The number of fused-ring (bicyclic) bond motifs is 1. The van der Waals surface area contributed by atoms with E-state index in [0.717, 1.165) is 8.73 Å². The van der Waals surface area contributed by atoms with Gasteiger partial charge in [0, 0.05) is 6.92 Å². The Kier molecular flexibility index (Phi) is 2.89. The Bertz CT molecular complexity index is 686. The summed E-state index contributed by atoms with van der Waals surface area (Å²) in [7, 11) is 0.744. The molecule has 0 radical (unpaired) electrons. The lowest BCUT2D eigenvalue weighted by Crippen LogP contribution is -2.32. The number of aromatic nitrogens is 2. The molecular formula is C15H16N2P+. The molecule has 1 aromatic heterocycles. The van der Waals surface area contributed by atoms with Gasteiger partial charge >= 0.3 is 0 Å². The molecule has 18 heavy (non-hydrogen) atoms. The second-order valence-electron chi connectivity index (χ2n) is 4.27. The SMILES string of the molecule is CPn1c(C)[n+](-c2ccccc2)c2ccccc21. The van der Waals surface area contributed by atoms with Crippen LogP contribution in [0.1, 0.15) is 5.82 Å². The minimum atomic E-state index is 0.744. The number of para-hydroxylation sites is 3. The predicted octanol–water partition coefficient (Wildman–Crippen LogP) is 3.30. The number of hydrogen-bond acceptors (Lipinski definition) is 0. The second kappa shape index (κ2) is 4.55. The molecule has 3 rings (SSSR count). The molecule has 90 valence electrons. The van der Waals surface area contributed by atoms with E-state index in [-0.39, 0.29) is 0 Å². The molecule has 0 aliphatic carbocycles. The molecule has 0 saturated carbocycles. The lowest BCUT2D eigenvalue weighted by Gasteiger charge is -1.99. The van der Waals surface area contributed by atoms with Crippen molar-refractivity contribution in [2.24, 2.45) is 0 Å². The van der Waals surface area contributed by atoms with Crippen molar-refractivity contribution < 1.29 is 4.57 Å². The Morgan fingerprint density at radius 3 is 2.33 bits per heavy atom. The summed E-state index contributed by atoms with van der Waals surface area (Å²) >= 11 is 0. The van der Waals surface area contributed by atoms with Gasteiger partial charge in [0.1, 0.15) is 5.69 Å². The molecule has 0 bridgehead atoms. The fourth-order valence-electron chi connectivity index (χ4n) is 2.48. The van der Waals surface area contributed by atoms with Crippen LogP contribution in [0.5, 0.6) is 0 Å². The maximum Gasteiger partial charge on any atom is 0.261 e. The van der Waals surface area contributed by atoms with Crippen molar-refractivity contribution in [2.45, 2.75) is 6.92 Å². The zero-order valence-electron chi connectivity index (χ0n) is 10.6. The van der Waals surface area contributed by atoms with Crippen LogP contribution in [0.2, 0.25) is 0 Å². The summed E-state index contributed by atoms with van der Waals surface area (Å²) in [5.41, 5.74) is 3.80. The first-order chi connectivity index (χ1) is 8.83. The highest BCUT2D eigenvalue weighted by Gasteiger charge is 2.21. The molecule has 0 fully saturated rings. The average Bonchev–Trinajstić information content (AvgIpc) is 2.71. The third-order valence-electron chi connectivity index (χ3n) is 3.25. The van der Waals surface area contributed by atoms with Crippen molar-refractivity contribution >= 4 is 19.8 Å². The maximum absolute atomic E-state index is 2.38. The maximum atomic E-state index is 2.38. The minimum Gasteiger partial charge on any atom is -0.212 e. The van der Waals surface area contributed by atoms with Crippen molar-refractivity contribution in [1.82, 2.24) is 4.34 Å². The zero-order valence-corrected chi connectivity index (χ0v) is 11.6.